The van der Waals surface area contributed by atoms with Crippen LogP contribution in [0.25, 0.3) is 22.4 Å². The van der Waals surface area contributed by atoms with E-state index in [0.29, 0.717) is 21.9 Å². The Morgan fingerprint density at radius 1 is 1.19 bits per heavy atom. The van der Waals surface area contributed by atoms with E-state index in [-0.39, 0.29) is 4.90 Å². The van der Waals surface area contributed by atoms with Gasteiger partial charge in [-0.25, -0.2) is 13.4 Å². The largest absolute Gasteiger partial charge is 0.338 e. The minimum atomic E-state index is -3.32. The molecule has 0 amide bonds. The van der Waals surface area contributed by atoms with E-state index >= 15 is 0 Å². The summed E-state index contributed by atoms with van der Waals surface area (Å²) in [6.07, 6.45) is 1.18. The third-order valence-corrected chi connectivity index (χ3v) is 4.86. The first kappa shape index (κ1) is 14.1. The third-order valence-electron chi connectivity index (χ3n) is 3.31. The number of hydrogen-bond acceptors (Lipinski definition) is 3. The standard InChI is InChI=1S/C15H13ClN2O2S/c1-9-8-10(6-7-11(9)16)15-17-12-4-3-5-13(14(12)18-15)21(2,19)20/h3-8H,1-2H3,(H,17,18). The number of nitrogens with zero attached hydrogens (tertiary/aromatic N) is 1. The van der Waals surface area contributed by atoms with Crippen LogP contribution in [0.2, 0.25) is 5.02 Å². The first-order chi connectivity index (χ1) is 9.86. The molecule has 0 atom stereocenters. The average molecular weight is 321 g/mol. The van der Waals surface area contributed by atoms with Gasteiger partial charge in [0.05, 0.1) is 10.4 Å². The van der Waals surface area contributed by atoms with Gasteiger partial charge in [-0.1, -0.05) is 17.7 Å². The van der Waals surface area contributed by atoms with E-state index in [1.54, 1.807) is 18.2 Å². The maximum absolute atomic E-state index is 11.8. The lowest BCUT2D eigenvalue weighted by Gasteiger charge is -2.00. The van der Waals surface area contributed by atoms with Crippen molar-refractivity contribution in [3.05, 3.63) is 47.0 Å². The molecule has 0 saturated heterocycles. The Morgan fingerprint density at radius 2 is 1.95 bits per heavy atom. The van der Waals surface area contributed by atoms with E-state index in [1.807, 2.05) is 25.1 Å². The topological polar surface area (TPSA) is 62.8 Å². The Hall–Kier alpha value is -1.85. The molecule has 0 fully saturated rings. The zero-order valence-electron chi connectivity index (χ0n) is 11.5. The summed E-state index contributed by atoms with van der Waals surface area (Å²) >= 11 is 6.02. The third kappa shape index (κ3) is 2.54. The average Bonchev–Trinajstić information content (AvgIpc) is 2.84. The fourth-order valence-corrected chi connectivity index (χ4v) is 3.18. The van der Waals surface area contributed by atoms with Gasteiger partial charge >= 0.3 is 0 Å². The van der Waals surface area contributed by atoms with Gasteiger partial charge in [0.15, 0.2) is 9.84 Å². The van der Waals surface area contributed by atoms with Crippen LogP contribution in [0.3, 0.4) is 0 Å². The van der Waals surface area contributed by atoms with Crippen molar-refractivity contribution in [3.63, 3.8) is 0 Å². The van der Waals surface area contributed by atoms with Gasteiger partial charge in [0.2, 0.25) is 0 Å². The molecular formula is C15H13ClN2O2S. The van der Waals surface area contributed by atoms with Gasteiger partial charge in [-0.2, -0.15) is 0 Å². The number of sulfone groups is 1. The van der Waals surface area contributed by atoms with E-state index in [9.17, 15) is 8.42 Å². The van der Waals surface area contributed by atoms with Crippen LogP contribution in [-0.4, -0.2) is 24.6 Å². The quantitative estimate of drug-likeness (QED) is 0.784. The number of H-pyrrole nitrogens is 1. The molecule has 108 valence electrons. The monoisotopic (exact) mass is 320 g/mol. The van der Waals surface area contributed by atoms with Crippen molar-refractivity contribution in [2.75, 3.05) is 6.26 Å². The van der Waals surface area contributed by atoms with E-state index in [0.717, 1.165) is 11.1 Å². The van der Waals surface area contributed by atoms with Crippen LogP contribution in [0.4, 0.5) is 0 Å². The molecule has 21 heavy (non-hydrogen) atoms. The van der Waals surface area contributed by atoms with Gasteiger partial charge in [0, 0.05) is 16.8 Å². The van der Waals surface area contributed by atoms with Gasteiger partial charge in [0.1, 0.15) is 11.3 Å². The van der Waals surface area contributed by atoms with Crippen molar-refractivity contribution < 1.29 is 8.42 Å². The number of nitrogens with one attached hydrogen (secondary N) is 1. The number of fused-ring (bicyclic) bond motifs is 1. The lowest BCUT2D eigenvalue weighted by atomic mass is 10.1. The molecule has 0 saturated carbocycles. The molecular weight excluding hydrogens is 308 g/mol. The van der Waals surface area contributed by atoms with Crippen molar-refractivity contribution in [3.8, 4) is 11.4 Å². The number of imidazole rings is 1. The molecule has 1 heterocycles. The fourth-order valence-electron chi connectivity index (χ4n) is 2.23. The van der Waals surface area contributed by atoms with Crippen LogP contribution in [0.1, 0.15) is 5.56 Å². The Bertz CT molecular complexity index is 945. The summed E-state index contributed by atoms with van der Waals surface area (Å²) in [6, 6.07) is 10.6. The minimum absolute atomic E-state index is 0.230. The van der Waals surface area contributed by atoms with Crippen LogP contribution < -0.4 is 0 Å². The predicted octanol–water partition coefficient (Wildman–Crippen LogP) is 3.60. The van der Waals surface area contributed by atoms with Crippen molar-refractivity contribution >= 4 is 32.5 Å². The van der Waals surface area contributed by atoms with E-state index < -0.39 is 9.84 Å². The lowest BCUT2D eigenvalue weighted by Crippen LogP contribution is -1.97. The Kier molecular flexibility index (Phi) is 3.26. The maximum atomic E-state index is 11.8. The summed E-state index contributed by atoms with van der Waals surface area (Å²) in [6.45, 7) is 1.91. The van der Waals surface area contributed by atoms with Crippen LogP contribution in [0.5, 0.6) is 0 Å². The molecule has 0 aliphatic carbocycles. The van der Waals surface area contributed by atoms with Crippen LogP contribution in [0.15, 0.2) is 41.3 Å². The summed E-state index contributed by atoms with van der Waals surface area (Å²) < 4.78 is 23.6. The molecule has 3 rings (SSSR count). The number of aromatic amines is 1. The number of para-hydroxylation sites is 1. The summed E-state index contributed by atoms with van der Waals surface area (Å²) in [5.41, 5.74) is 2.97. The van der Waals surface area contributed by atoms with E-state index in [2.05, 4.69) is 9.97 Å². The normalized spacial score (nSPS) is 12.0. The highest BCUT2D eigenvalue weighted by Crippen LogP contribution is 2.27. The second-order valence-corrected chi connectivity index (χ2v) is 7.37. The highest BCUT2D eigenvalue weighted by atomic mass is 35.5. The number of aromatic nitrogens is 2. The molecule has 0 radical (unpaired) electrons. The second kappa shape index (κ2) is 4.86. The van der Waals surface area contributed by atoms with Gasteiger partial charge < -0.3 is 4.98 Å². The highest BCUT2D eigenvalue weighted by Gasteiger charge is 2.15. The number of hydrogen-bond donors (Lipinski definition) is 1. The molecule has 6 heteroatoms. The number of aryl methyl sites for hydroxylation is 1. The smallest absolute Gasteiger partial charge is 0.177 e. The number of benzene rings is 2. The van der Waals surface area contributed by atoms with Crippen molar-refractivity contribution in [1.29, 1.82) is 0 Å². The predicted molar refractivity (Wildman–Crippen MR) is 84.4 cm³/mol. The molecule has 0 spiro atoms. The molecule has 1 aromatic heterocycles. The van der Waals surface area contributed by atoms with Gasteiger partial charge in [-0.15, -0.1) is 0 Å². The van der Waals surface area contributed by atoms with Crippen LogP contribution in [-0.2, 0) is 9.84 Å². The van der Waals surface area contributed by atoms with Gasteiger partial charge in [-0.05, 0) is 42.8 Å². The van der Waals surface area contributed by atoms with E-state index in [4.69, 9.17) is 11.6 Å². The Balaban J connectivity index is 2.24. The summed E-state index contributed by atoms with van der Waals surface area (Å²) in [4.78, 5) is 7.82. The molecule has 1 N–H and O–H groups in total. The SMILES string of the molecule is Cc1cc(-c2nc3c(S(C)(=O)=O)cccc3[nH]2)ccc1Cl. The first-order valence-corrected chi connectivity index (χ1v) is 8.58. The molecule has 4 nitrogen and oxygen atoms in total. The fraction of sp³-hybridized carbons (Fsp3) is 0.133. The van der Waals surface area contributed by atoms with Crippen LogP contribution in [0, 0.1) is 6.92 Å². The Labute approximate surface area is 127 Å². The summed E-state index contributed by atoms with van der Waals surface area (Å²) in [5.74, 6) is 0.626. The van der Waals surface area contributed by atoms with Crippen molar-refractivity contribution in [2.45, 2.75) is 11.8 Å². The van der Waals surface area contributed by atoms with Crippen molar-refractivity contribution in [1.82, 2.24) is 9.97 Å². The second-order valence-electron chi connectivity index (χ2n) is 4.97. The zero-order chi connectivity index (χ0) is 15.2. The van der Waals surface area contributed by atoms with Crippen LogP contribution >= 0.6 is 11.6 Å². The summed E-state index contributed by atoms with van der Waals surface area (Å²) in [5, 5.41) is 0.687. The molecule has 0 aliphatic heterocycles. The Morgan fingerprint density at radius 3 is 2.62 bits per heavy atom. The first-order valence-electron chi connectivity index (χ1n) is 6.31. The molecule has 0 unspecified atom stereocenters. The van der Waals surface area contributed by atoms with Gasteiger partial charge in [0.25, 0.3) is 0 Å². The molecule has 2 aromatic carbocycles. The summed E-state index contributed by atoms with van der Waals surface area (Å²) in [7, 11) is -3.32. The zero-order valence-corrected chi connectivity index (χ0v) is 13.1. The molecule has 3 aromatic rings. The maximum Gasteiger partial charge on any atom is 0.177 e. The number of rotatable bonds is 2. The molecule has 0 bridgehead atoms. The number of halogens is 1. The van der Waals surface area contributed by atoms with Gasteiger partial charge in [-0.3, -0.25) is 0 Å². The van der Waals surface area contributed by atoms with Crippen molar-refractivity contribution in [2.24, 2.45) is 0 Å². The minimum Gasteiger partial charge on any atom is -0.338 e. The molecule has 0 aliphatic rings. The lowest BCUT2D eigenvalue weighted by molar-refractivity contribution is 0.602. The van der Waals surface area contributed by atoms with E-state index in [1.165, 1.54) is 6.26 Å². The highest BCUT2D eigenvalue weighted by molar-refractivity contribution is 7.91.